The van der Waals surface area contributed by atoms with Gasteiger partial charge in [0, 0.05) is 17.3 Å². The predicted octanol–water partition coefficient (Wildman–Crippen LogP) is 6.74. The number of amides is 1. The second-order valence-corrected chi connectivity index (χ2v) is 10.0. The van der Waals surface area contributed by atoms with Crippen LogP contribution in [0.2, 0.25) is 5.02 Å². The van der Waals surface area contributed by atoms with Gasteiger partial charge in [-0.2, -0.15) is 5.10 Å². The average Bonchev–Trinajstić information content (AvgIpc) is 3.42. The van der Waals surface area contributed by atoms with Crippen molar-refractivity contribution in [2.45, 2.75) is 6.54 Å². The lowest BCUT2D eigenvalue weighted by Gasteiger charge is -2.14. The van der Waals surface area contributed by atoms with E-state index in [2.05, 4.69) is 0 Å². The zero-order valence-corrected chi connectivity index (χ0v) is 21.4. The number of carbonyl (C=O) groups is 1. The second-order valence-electron chi connectivity index (χ2n) is 7.96. The summed E-state index contributed by atoms with van der Waals surface area (Å²) in [6.07, 6.45) is 3.67. The largest absolute Gasteiger partial charge is 0.495 e. The molecule has 1 aromatic heterocycles. The van der Waals surface area contributed by atoms with Crippen LogP contribution in [-0.4, -0.2) is 32.0 Å². The van der Waals surface area contributed by atoms with Crippen molar-refractivity contribution in [2.24, 2.45) is 0 Å². The Morgan fingerprint density at radius 2 is 1.86 bits per heavy atom. The highest BCUT2D eigenvalue weighted by atomic mass is 35.5. The molecule has 4 aromatic rings. The maximum Gasteiger partial charge on any atom is 0.266 e. The minimum absolute atomic E-state index is 0.208. The van der Waals surface area contributed by atoms with E-state index in [1.54, 1.807) is 42.1 Å². The Labute approximate surface area is 222 Å². The van der Waals surface area contributed by atoms with E-state index in [4.69, 9.17) is 33.7 Å². The molecule has 5 nitrogen and oxygen atoms in total. The van der Waals surface area contributed by atoms with Gasteiger partial charge in [-0.1, -0.05) is 65.9 Å². The van der Waals surface area contributed by atoms with Crippen LogP contribution in [0.3, 0.4) is 0 Å². The molecule has 1 aliphatic rings. The molecule has 0 spiro atoms. The van der Waals surface area contributed by atoms with Gasteiger partial charge in [0.15, 0.2) is 0 Å². The summed E-state index contributed by atoms with van der Waals surface area (Å²) in [7, 11) is 1.56. The molecule has 0 N–H and O–H groups in total. The fourth-order valence-electron chi connectivity index (χ4n) is 3.79. The van der Waals surface area contributed by atoms with E-state index in [9.17, 15) is 9.18 Å². The number of thioether (sulfide) groups is 1. The monoisotopic (exact) mass is 535 g/mol. The molecule has 180 valence electrons. The van der Waals surface area contributed by atoms with Gasteiger partial charge in [-0.25, -0.2) is 9.07 Å². The van der Waals surface area contributed by atoms with E-state index in [0.717, 1.165) is 22.4 Å². The Morgan fingerprint density at radius 3 is 2.56 bits per heavy atom. The van der Waals surface area contributed by atoms with Gasteiger partial charge in [0.25, 0.3) is 5.91 Å². The van der Waals surface area contributed by atoms with Crippen LogP contribution in [0.25, 0.3) is 23.0 Å². The molecule has 0 unspecified atom stereocenters. The molecule has 3 aromatic carbocycles. The summed E-state index contributed by atoms with van der Waals surface area (Å²) < 4.78 is 20.8. The number of ether oxygens (including phenoxy) is 1. The van der Waals surface area contributed by atoms with Crippen molar-refractivity contribution >= 4 is 51.9 Å². The fraction of sp³-hybridized carbons (Fsp3) is 0.0741. The van der Waals surface area contributed by atoms with Crippen LogP contribution >= 0.6 is 35.6 Å². The minimum atomic E-state index is -0.328. The molecule has 0 saturated carbocycles. The Hall–Kier alpha value is -3.46. The van der Waals surface area contributed by atoms with Crippen LogP contribution < -0.4 is 4.74 Å². The first kappa shape index (κ1) is 24.2. The van der Waals surface area contributed by atoms with Crippen molar-refractivity contribution < 1.29 is 13.9 Å². The van der Waals surface area contributed by atoms with Crippen LogP contribution in [0.15, 0.2) is 83.9 Å². The number of nitrogens with zero attached hydrogens (tertiary/aromatic N) is 3. The molecule has 2 heterocycles. The average molecular weight is 536 g/mol. The SMILES string of the molecule is COc1ccc(-c2nn(-c3ccccc3)cc2C=C2SC(=S)N(Cc3ccc(F)cc3)C2=O)cc1Cl. The number of para-hydroxylation sites is 1. The van der Waals surface area contributed by atoms with E-state index >= 15 is 0 Å². The molecule has 1 fully saturated rings. The van der Waals surface area contributed by atoms with Crippen molar-refractivity contribution in [3.05, 3.63) is 106 Å². The van der Waals surface area contributed by atoms with E-state index in [1.165, 1.54) is 28.8 Å². The first-order chi connectivity index (χ1) is 17.4. The molecule has 0 aliphatic carbocycles. The number of hydrogen-bond acceptors (Lipinski definition) is 5. The van der Waals surface area contributed by atoms with Gasteiger partial charge in [-0.15, -0.1) is 0 Å². The third-order valence-corrected chi connectivity index (χ3v) is 7.28. The lowest BCUT2D eigenvalue weighted by Crippen LogP contribution is -2.27. The summed E-state index contributed by atoms with van der Waals surface area (Å²) in [5.41, 5.74) is 3.85. The molecule has 0 bridgehead atoms. The third-order valence-electron chi connectivity index (χ3n) is 5.60. The van der Waals surface area contributed by atoms with Gasteiger partial charge >= 0.3 is 0 Å². The summed E-state index contributed by atoms with van der Waals surface area (Å²) in [4.78, 5) is 15.3. The van der Waals surface area contributed by atoms with Crippen molar-refractivity contribution in [1.82, 2.24) is 14.7 Å². The zero-order chi connectivity index (χ0) is 25.2. The molecule has 36 heavy (non-hydrogen) atoms. The highest BCUT2D eigenvalue weighted by molar-refractivity contribution is 8.26. The topological polar surface area (TPSA) is 47.4 Å². The van der Waals surface area contributed by atoms with Crippen LogP contribution in [0.1, 0.15) is 11.1 Å². The smallest absolute Gasteiger partial charge is 0.266 e. The van der Waals surface area contributed by atoms with Gasteiger partial charge in [0.05, 0.1) is 29.3 Å². The van der Waals surface area contributed by atoms with Gasteiger partial charge in [0.1, 0.15) is 21.6 Å². The van der Waals surface area contributed by atoms with Crippen molar-refractivity contribution in [2.75, 3.05) is 7.11 Å². The summed E-state index contributed by atoms with van der Waals surface area (Å²) in [5, 5.41) is 5.26. The Balaban J connectivity index is 1.53. The van der Waals surface area contributed by atoms with Crippen LogP contribution in [0.4, 0.5) is 4.39 Å². The van der Waals surface area contributed by atoms with Gasteiger partial charge in [-0.3, -0.25) is 9.69 Å². The summed E-state index contributed by atoms with van der Waals surface area (Å²) in [6.45, 7) is 0.270. The molecular formula is C27H19ClFN3O2S2. The number of rotatable bonds is 6. The molecule has 1 saturated heterocycles. The molecule has 9 heteroatoms. The first-order valence-electron chi connectivity index (χ1n) is 10.9. The first-order valence-corrected chi connectivity index (χ1v) is 12.5. The zero-order valence-electron chi connectivity index (χ0n) is 19.0. The van der Waals surface area contributed by atoms with Gasteiger partial charge in [0.2, 0.25) is 0 Å². The van der Waals surface area contributed by atoms with Crippen LogP contribution in [-0.2, 0) is 11.3 Å². The second kappa shape index (κ2) is 10.3. The summed E-state index contributed by atoms with van der Waals surface area (Å²) in [6, 6.07) is 21.2. The lowest BCUT2D eigenvalue weighted by molar-refractivity contribution is -0.122. The predicted molar refractivity (Wildman–Crippen MR) is 146 cm³/mol. The number of hydrogen-bond donors (Lipinski definition) is 0. The van der Waals surface area contributed by atoms with E-state index in [0.29, 0.717) is 25.7 Å². The molecule has 1 amide bonds. The maximum atomic E-state index is 13.3. The number of carbonyl (C=O) groups excluding carboxylic acids is 1. The highest BCUT2D eigenvalue weighted by Crippen LogP contribution is 2.37. The molecule has 0 atom stereocenters. The Kier molecular flexibility index (Phi) is 6.91. The maximum absolute atomic E-state index is 13.3. The van der Waals surface area contributed by atoms with E-state index < -0.39 is 0 Å². The van der Waals surface area contributed by atoms with Crippen molar-refractivity contribution in [3.8, 4) is 22.7 Å². The third kappa shape index (κ3) is 4.93. The number of benzene rings is 3. The van der Waals surface area contributed by atoms with Crippen LogP contribution in [0, 0.1) is 5.82 Å². The van der Waals surface area contributed by atoms with Crippen molar-refractivity contribution in [1.29, 1.82) is 0 Å². The quantitative estimate of drug-likeness (QED) is 0.202. The molecule has 1 aliphatic heterocycles. The van der Waals surface area contributed by atoms with Gasteiger partial charge < -0.3 is 4.74 Å². The number of thiocarbonyl (C=S) groups is 1. The Bertz CT molecular complexity index is 1490. The van der Waals surface area contributed by atoms with E-state index in [1.807, 2.05) is 42.6 Å². The molecule has 5 rings (SSSR count). The normalized spacial score (nSPS) is 14.6. The summed E-state index contributed by atoms with van der Waals surface area (Å²) >= 11 is 13.1. The molecule has 0 radical (unpaired) electrons. The number of halogens is 2. The minimum Gasteiger partial charge on any atom is -0.495 e. The summed E-state index contributed by atoms with van der Waals surface area (Å²) in [5.74, 6) is 0.0252. The highest BCUT2D eigenvalue weighted by Gasteiger charge is 2.32. The molecular weight excluding hydrogens is 517 g/mol. The number of methoxy groups -OCH3 is 1. The standard InChI is InChI=1S/C27H19ClFN3O2S2/c1-34-23-12-9-18(13-22(23)28)25-19(16-32(30-25)21-5-3-2-4-6-21)14-24-26(33)31(27(35)36-24)15-17-7-10-20(29)11-8-17/h2-14,16H,15H2,1H3. The number of aromatic nitrogens is 2. The lowest BCUT2D eigenvalue weighted by atomic mass is 10.1. The van der Waals surface area contributed by atoms with Crippen LogP contribution in [0.5, 0.6) is 5.75 Å². The Morgan fingerprint density at radius 1 is 1.11 bits per heavy atom. The van der Waals surface area contributed by atoms with E-state index in [-0.39, 0.29) is 18.3 Å². The van der Waals surface area contributed by atoms with Crippen molar-refractivity contribution in [3.63, 3.8) is 0 Å². The van der Waals surface area contributed by atoms with Gasteiger partial charge in [-0.05, 0) is 54.1 Å². The fourth-order valence-corrected chi connectivity index (χ4v) is 5.30.